The second-order valence-electron chi connectivity index (χ2n) is 8.09. The average molecular weight is 410 g/mol. The number of nitrogens with one attached hydrogen (secondary N) is 1. The Bertz CT molecular complexity index is 1070. The molecule has 4 rings (SSSR count). The fourth-order valence-electron chi connectivity index (χ4n) is 5.27. The van der Waals surface area contributed by atoms with Gasteiger partial charge in [-0.3, -0.25) is 29.8 Å². The molecule has 2 bridgehead atoms. The van der Waals surface area contributed by atoms with Crippen molar-refractivity contribution in [2.75, 3.05) is 20.1 Å². The third kappa shape index (κ3) is 2.51. The fraction of sp³-hybridized carbons (Fsp3) is 0.333. The minimum atomic E-state index is -2.24. The van der Waals surface area contributed by atoms with Crippen LogP contribution in [0, 0.1) is 26.1 Å². The number of benzene rings is 2. The van der Waals surface area contributed by atoms with E-state index < -0.39 is 44.8 Å². The molecule has 0 saturated carbocycles. The van der Waals surface area contributed by atoms with E-state index in [-0.39, 0.29) is 24.2 Å². The molecule has 4 atom stereocenters. The van der Waals surface area contributed by atoms with Crippen LogP contribution in [0.3, 0.4) is 0 Å². The normalized spacial score (nSPS) is 29.7. The van der Waals surface area contributed by atoms with Crippen molar-refractivity contribution in [3.8, 4) is 0 Å². The predicted octanol–water partition coefficient (Wildman–Crippen LogP) is 0.788. The van der Waals surface area contributed by atoms with Crippen LogP contribution in [0.1, 0.15) is 32.7 Å². The molecule has 1 heterocycles. The number of carbonyl (C=O) groups is 2. The molecule has 0 spiro atoms. The molecule has 1 N–H and O–H groups in total. The van der Waals surface area contributed by atoms with Gasteiger partial charge in [-0.2, -0.15) is 0 Å². The molecule has 0 radical (unpaired) electrons. The lowest BCUT2D eigenvalue weighted by atomic mass is 9.56. The van der Waals surface area contributed by atoms with Crippen LogP contribution < -0.4 is 4.90 Å². The number of nitro groups is 2. The molecular formula is C21H20N3O6+. The van der Waals surface area contributed by atoms with E-state index in [1.807, 2.05) is 0 Å². The van der Waals surface area contributed by atoms with E-state index >= 15 is 0 Å². The Kier molecular flexibility index (Phi) is 4.50. The molecule has 0 amide bonds. The lowest BCUT2D eigenvalue weighted by Crippen LogP contribution is -3.17. The second kappa shape index (κ2) is 6.81. The number of hydrogen-bond acceptors (Lipinski definition) is 6. The van der Waals surface area contributed by atoms with Crippen LogP contribution in [0.4, 0.5) is 0 Å². The highest BCUT2D eigenvalue weighted by Crippen LogP contribution is 2.50. The van der Waals surface area contributed by atoms with Crippen molar-refractivity contribution in [2.45, 2.75) is 17.5 Å². The number of nitrogens with zero attached hydrogens (tertiary/aromatic N) is 2. The lowest BCUT2D eigenvalue weighted by molar-refractivity contribution is -0.932. The van der Waals surface area contributed by atoms with Gasteiger partial charge >= 0.3 is 11.1 Å². The first-order valence-corrected chi connectivity index (χ1v) is 9.58. The zero-order valence-corrected chi connectivity index (χ0v) is 16.2. The maximum absolute atomic E-state index is 13.4. The van der Waals surface area contributed by atoms with Crippen molar-refractivity contribution in [3.63, 3.8) is 0 Å². The molecule has 2 aromatic carbocycles. The Morgan fingerprint density at radius 3 is 2.20 bits per heavy atom. The summed E-state index contributed by atoms with van der Waals surface area (Å²) >= 11 is 0. The Balaban J connectivity index is 1.98. The number of hydrogen-bond donors (Lipinski definition) is 1. The first-order chi connectivity index (χ1) is 14.2. The number of likely N-dealkylation sites (tertiary alicyclic amines) is 1. The largest absolute Gasteiger partial charge is 0.341 e. The minimum absolute atomic E-state index is 0.00168. The molecule has 1 fully saturated rings. The van der Waals surface area contributed by atoms with Crippen molar-refractivity contribution < 1.29 is 24.3 Å². The number of likely N-dealkylation sites (N-methyl/N-ethyl adjacent to an activating group) is 1. The topological polar surface area (TPSA) is 125 Å². The first kappa shape index (κ1) is 19.8. The van der Waals surface area contributed by atoms with Gasteiger partial charge in [-0.05, 0) is 0 Å². The van der Waals surface area contributed by atoms with Crippen molar-refractivity contribution in [1.82, 2.24) is 0 Å². The molecule has 154 valence electrons. The van der Waals surface area contributed by atoms with E-state index in [2.05, 4.69) is 0 Å². The number of piperidine rings is 1. The van der Waals surface area contributed by atoms with E-state index in [9.17, 15) is 29.8 Å². The SMILES string of the molecule is C[NH+]1CC2([N+](=O)[O-])C(=O)c3ccccc3C([N+](=O)[O-])(C1)C2CC(=O)c1ccccc1. The summed E-state index contributed by atoms with van der Waals surface area (Å²) in [6.07, 6.45) is -0.459. The van der Waals surface area contributed by atoms with E-state index in [4.69, 9.17) is 0 Å². The third-order valence-corrected chi connectivity index (χ3v) is 6.46. The molecule has 1 aliphatic carbocycles. The molecule has 4 unspecified atom stereocenters. The van der Waals surface area contributed by atoms with Crippen LogP contribution >= 0.6 is 0 Å². The third-order valence-electron chi connectivity index (χ3n) is 6.46. The van der Waals surface area contributed by atoms with Crippen LogP contribution in [-0.4, -0.2) is 47.1 Å². The number of ketones is 2. The average Bonchev–Trinajstić information content (AvgIpc) is 2.73. The van der Waals surface area contributed by atoms with Crippen LogP contribution in [0.5, 0.6) is 0 Å². The highest BCUT2D eigenvalue weighted by atomic mass is 16.6. The summed E-state index contributed by atoms with van der Waals surface area (Å²) in [7, 11) is 1.60. The summed E-state index contributed by atoms with van der Waals surface area (Å²) in [5, 5.41) is 24.9. The van der Waals surface area contributed by atoms with Gasteiger partial charge < -0.3 is 4.90 Å². The van der Waals surface area contributed by atoms with Gasteiger partial charge in [0.25, 0.3) is 0 Å². The maximum atomic E-state index is 13.4. The molecule has 0 aromatic heterocycles. The second-order valence-corrected chi connectivity index (χ2v) is 8.09. The van der Waals surface area contributed by atoms with Crippen molar-refractivity contribution in [2.24, 2.45) is 5.92 Å². The first-order valence-electron chi connectivity index (χ1n) is 9.58. The van der Waals surface area contributed by atoms with Gasteiger partial charge in [0.1, 0.15) is 5.92 Å². The van der Waals surface area contributed by atoms with E-state index in [1.165, 1.54) is 12.1 Å². The van der Waals surface area contributed by atoms with E-state index in [1.54, 1.807) is 49.5 Å². The van der Waals surface area contributed by atoms with E-state index in [0.717, 1.165) is 0 Å². The number of fused-ring (bicyclic) bond motifs is 4. The van der Waals surface area contributed by atoms with Crippen LogP contribution in [-0.2, 0) is 5.54 Å². The number of quaternary nitrogens is 1. The van der Waals surface area contributed by atoms with Crippen LogP contribution in [0.25, 0.3) is 0 Å². The molecule has 2 aromatic rings. The summed E-state index contributed by atoms with van der Waals surface area (Å²) in [6.45, 7) is -0.262. The summed E-state index contributed by atoms with van der Waals surface area (Å²) < 4.78 is 0. The van der Waals surface area contributed by atoms with Crippen molar-refractivity contribution in [3.05, 3.63) is 91.5 Å². The van der Waals surface area contributed by atoms with Gasteiger partial charge in [-0.1, -0.05) is 54.6 Å². The smallest absolute Gasteiger partial charge is 0.325 e. The number of Topliss-reactive ketones (excluding diaryl/α,β-unsaturated/α-hetero) is 2. The van der Waals surface area contributed by atoms with Crippen molar-refractivity contribution >= 4 is 11.6 Å². The molecule has 1 saturated heterocycles. The highest BCUT2D eigenvalue weighted by Gasteiger charge is 2.79. The van der Waals surface area contributed by atoms with Crippen LogP contribution in [0.15, 0.2) is 54.6 Å². The summed E-state index contributed by atoms with van der Waals surface area (Å²) in [5.41, 5.74) is -3.69. The number of carbonyl (C=O) groups excluding carboxylic acids is 2. The Morgan fingerprint density at radius 1 is 1.00 bits per heavy atom. The zero-order chi connectivity index (χ0) is 21.7. The standard InChI is InChI=1S/C21H19N3O6/c1-22-12-20(23(27)28)16-10-6-5-9-15(16)19(26)21(13-22,24(29)30)18(20)11-17(25)14-7-3-2-4-8-14/h2-10,18H,11-13H2,1H3/p+1. The lowest BCUT2D eigenvalue weighted by Gasteiger charge is -2.47. The molecular weight excluding hydrogens is 390 g/mol. The molecule has 9 heteroatoms. The minimum Gasteiger partial charge on any atom is -0.325 e. The highest BCUT2D eigenvalue weighted by molar-refractivity contribution is 6.06. The van der Waals surface area contributed by atoms with Gasteiger partial charge in [-0.25, -0.2) is 0 Å². The monoisotopic (exact) mass is 410 g/mol. The van der Waals surface area contributed by atoms with Gasteiger partial charge in [0, 0.05) is 33.0 Å². The maximum Gasteiger partial charge on any atom is 0.341 e. The fourth-order valence-corrected chi connectivity index (χ4v) is 5.27. The summed E-state index contributed by atoms with van der Waals surface area (Å²) in [5.74, 6) is -2.61. The Hall–Kier alpha value is -3.46. The zero-order valence-electron chi connectivity index (χ0n) is 16.2. The number of rotatable bonds is 5. The molecule has 2 aliphatic rings. The Morgan fingerprint density at radius 2 is 1.57 bits per heavy atom. The van der Waals surface area contributed by atoms with Gasteiger partial charge in [-0.15, -0.1) is 0 Å². The van der Waals surface area contributed by atoms with Crippen molar-refractivity contribution in [1.29, 1.82) is 0 Å². The molecule has 1 aliphatic heterocycles. The summed E-state index contributed by atoms with van der Waals surface area (Å²) in [4.78, 5) is 50.7. The summed E-state index contributed by atoms with van der Waals surface area (Å²) in [6, 6.07) is 14.2. The Labute approximate surface area is 171 Å². The molecule has 9 nitrogen and oxygen atoms in total. The van der Waals surface area contributed by atoms with E-state index in [0.29, 0.717) is 10.5 Å². The van der Waals surface area contributed by atoms with Gasteiger partial charge in [0.05, 0.1) is 7.05 Å². The molecule has 30 heavy (non-hydrogen) atoms. The van der Waals surface area contributed by atoms with Gasteiger partial charge in [0.2, 0.25) is 5.78 Å². The van der Waals surface area contributed by atoms with Crippen LogP contribution in [0.2, 0.25) is 0 Å². The quantitative estimate of drug-likeness (QED) is 0.441. The van der Waals surface area contributed by atoms with Gasteiger partial charge in [0.15, 0.2) is 18.9 Å². The predicted molar refractivity (Wildman–Crippen MR) is 105 cm³/mol.